The number of rotatable bonds is 9. The molecule has 1 radical (unpaired) electrons. The molecular weight excluding hydrogens is 1520 g/mol. The molecule has 2 saturated heterocycles. The first kappa shape index (κ1) is 72.5. The number of fused-ring (bicyclic) bond motifs is 4. The smallest absolute Gasteiger partial charge is 0.408 e. The Hall–Kier alpha value is -3.02. The Morgan fingerprint density at radius 3 is 1.57 bits per heavy atom. The monoisotopic (exact) mass is 1600 g/mol. The van der Waals surface area contributed by atoms with Crippen molar-refractivity contribution < 1.29 is 116 Å². The number of carbonyl (C=O) groups is 8. The molecule has 6 aliphatic rings. The van der Waals surface area contributed by atoms with Crippen LogP contribution in [-0.4, -0.2) is 171 Å². The maximum atomic E-state index is 14.0. The standard InChI is InChI=1S/C27H40N7O6.C26H41N3O9S.I3.Y/c1-6-39-24(37)27-15-18(27)12-10-8-7-9-11-13-20(28-25(38)40-26(3,4)5)23(36)33-16-19(14-21(33)22(35)29-27)34-31-17(2)30-32-34;1-6-36-23(32)26-15-17(26)12-10-8-7-9-11-13-19(27-24(33)37-25(2,3)4)22(31)29-16-18(38-39(5,34)35)14-20(29)21(30)28-26;1-3-2;/h10,12,18-21H,2,6-9,11,13-16H2,1,3-5H3,(H,28,38)(H,29,35);10,12,17-20H,6-9,11,13-16H2,1-5H3,(H,27,33)(H,28,30);;/q-1;;-1;/b2*12-10-;;/t18-,19?,20+,21+,27-;17-,18+,19+,20+,26-;;/m11../s1. The molecule has 0 spiro atoms. The molecule has 1 aromatic heterocycles. The molecule has 4 fully saturated rings. The zero-order valence-electron chi connectivity index (χ0n) is 48.8. The van der Waals surface area contributed by atoms with Crippen molar-refractivity contribution >= 4 is 95.1 Å². The van der Waals surface area contributed by atoms with Crippen molar-refractivity contribution in [3.05, 3.63) is 37.1 Å². The molecule has 83 heavy (non-hydrogen) atoms. The number of amides is 6. The second-order valence-corrected chi connectivity index (χ2v) is 41.0. The first-order chi connectivity index (χ1) is 38.5. The summed E-state index contributed by atoms with van der Waals surface area (Å²) >= 11 is 5.30. The van der Waals surface area contributed by atoms with Gasteiger partial charge in [-0.05, 0) is 112 Å². The van der Waals surface area contributed by atoms with E-state index in [4.69, 9.17) is 23.1 Å². The summed E-state index contributed by atoms with van der Waals surface area (Å²) in [5, 5.41) is 23.1. The number of hydrogen-bond acceptors (Lipinski definition) is 18. The van der Waals surface area contributed by atoms with E-state index in [0.29, 0.717) is 51.8 Å². The van der Waals surface area contributed by atoms with Crippen molar-refractivity contribution in [2.24, 2.45) is 11.8 Å². The van der Waals surface area contributed by atoms with E-state index in [1.807, 2.05) is 24.3 Å². The SMILES string of the molecule is CCOC(=O)[C@@]12C[C@H]1/C=C\CCCCC[C@H](NC(=O)OC(C)(C)C)C(=O)N1C[C@@H](OS(C)(=O)=O)C[C@H]1C(=O)N2.I[I-]I.[CH2-]c1nnn(C2C[C@H]3C(=O)N[C@]4(C(=O)OCC)C[C@H]4/C=C\CCCCC[C@H](NC(=O)OC(C)(C)C)C(=O)N3C2)n1.[Y]. The molecule has 4 N–H and O–H groups in total. The van der Waals surface area contributed by atoms with Gasteiger partial charge in [0.2, 0.25) is 23.6 Å². The zero-order valence-corrected chi connectivity index (χ0v) is 58.9. The van der Waals surface area contributed by atoms with Gasteiger partial charge in [0.05, 0.1) is 31.6 Å². The first-order valence-electron chi connectivity index (χ1n) is 27.8. The Morgan fingerprint density at radius 1 is 0.735 bits per heavy atom. The van der Waals surface area contributed by atoms with Crippen LogP contribution in [0.3, 0.4) is 0 Å². The van der Waals surface area contributed by atoms with Gasteiger partial charge in [-0.15, -0.1) is 5.10 Å². The molecule has 2 saturated carbocycles. The van der Waals surface area contributed by atoms with Gasteiger partial charge in [0.15, 0.2) is 0 Å². The maximum Gasteiger partial charge on any atom is 0.408 e. The Kier molecular flexibility index (Phi) is 28.2. The molecule has 2 aliphatic carbocycles. The Bertz CT molecular complexity index is 2620. The van der Waals surface area contributed by atoms with Crippen molar-refractivity contribution in [3.63, 3.8) is 0 Å². The van der Waals surface area contributed by atoms with E-state index in [1.54, 1.807) is 55.4 Å². The average Bonchev–Trinajstić information content (AvgIpc) is 2.78. The molecule has 465 valence electrons. The van der Waals surface area contributed by atoms with Crippen LogP contribution in [0.15, 0.2) is 24.3 Å². The fourth-order valence-electron chi connectivity index (χ4n) is 10.4. The van der Waals surface area contributed by atoms with Crippen LogP contribution >= 0.6 is 37.2 Å². The number of halogens is 3. The van der Waals surface area contributed by atoms with Crippen LogP contribution in [0.5, 0.6) is 0 Å². The largest absolute Gasteiger partial charge is 0.464 e. The van der Waals surface area contributed by atoms with E-state index in [1.165, 1.54) is 14.6 Å². The number of ether oxygens (including phenoxy) is 4. The molecule has 1 aromatic rings. The number of alkyl carbamates (subject to hydrolysis) is 2. The summed E-state index contributed by atoms with van der Waals surface area (Å²) in [7, 11) is -3.87. The molecule has 30 heteroatoms. The maximum absolute atomic E-state index is 14.0. The Morgan fingerprint density at radius 2 is 1.17 bits per heavy atom. The summed E-state index contributed by atoms with van der Waals surface area (Å²) in [6.07, 6.45) is 14.2. The molecule has 0 bridgehead atoms. The van der Waals surface area contributed by atoms with Crippen LogP contribution in [-0.2, 0) is 94.7 Å². The number of aromatic nitrogens is 4. The van der Waals surface area contributed by atoms with Gasteiger partial charge < -0.3 is 56.9 Å². The van der Waals surface area contributed by atoms with E-state index in [9.17, 15) is 46.8 Å². The summed E-state index contributed by atoms with van der Waals surface area (Å²) in [5.74, 6) is -3.30. The van der Waals surface area contributed by atoms with E-state index >= 15 is 0 Å². The number of nitrogens with one attached hydrogen (secondary N) is 4. The summed E-state index contributed by atoms with van der Waals surface area (Å²) in [6.45, 7) is 17.7. The summed E-state index contributed by atoms with van der Waals surface area (Å²) in [5.41, 5.74) is -3.95. The van der Waals surface area contributed by atoms with Crippen LogP contribution in [0.4, 0.5) is 9.59 Å². The van der Waals surface area contributed by atoms with Crippen LogP contribution in [0.2, 0.25) is 0 Å². The van der Waals surface area contributed by atoms with Crippen molar-refractivity contribution in [3.8, 4) is 0 Å². The van der Waals surface area contributed by atoms with Gasteiger partial charge in [-0.1, -0.05) is 50.0 Å². The predicted octanol–water partition coefficient (Wildman–Crippen LogP) is 2.41. The fraction of sp³-hybridized carbons (Fsp3) is 0.736. The first-order valence-corrected chi connectivity index (χ1v) is 42.2. The Labute approximate surface area is 542 Å². The minimum absolute atomic E-state index is 0. The van der Waals surface area contributed by atoms with Crippen molar-refractivity contribution in [1.29, 1.82) is 0 Å². The predicted molar refractivity (Wildman–Crippen MR) is 311 cm³/mol. The molecule has 10 atom stereocenters. The number of carbonyl (C=O) groups excluding carboxylic acids is 8. The number of esters is 2. The van der Waals surface area contributed by atoms with Crippen LogP contribution in [0, 0.1) is 18.8 Å². The second-order valence-electron chi connectivity index (χ2n) is 23.2. The van der Waals surface area contributed by atoms with Gasteiger partial charge in [-0.3, -0.25) is 23.4 Å². The van der Waals surface area contributed by atoms with Gasteiger partial charge >= 0.3 is 74.6 Å². The number of allylic oxidation sites excluding steroid dienone is 2. The third-order valence-electron chi connectivity index (χ3n) is 14.3. The van der Waals surface area contributed by atoms with Crippen LogP contribution in [0.1, 0.15) is 157 Å². The number of tetrazole rings is 1. The fourth-order valence-corrected chi connectivity index (χ4v) is 11.1. The van der Waals surface area contributed by atoms with Crippen molar-refractivity contribution in [2.75, 3.05) is 32.6 Å². The van der Waals surface area contributed by atoms with Crippen molar-refractivity contribution in [2.45, 2.75) is 204 Å². The average molecular weight is 1600 g/mol. The third kappa shape index (κ3) is 21.7. The third-order valence-corrected chi connectivity index (χ3v) is 14.9. The minimum atomic E-state index is -3.87. The van der Waals surface area contributed by atoms with E-state index in [-0.39, 0.29) is 89.5 Å². The van der Waals surface area contributed by atoms with E-state index in [2.05, 4.69) is 80.8 Å². The zero-order chi connectivity index (χ0) is 60.8. The van der Waals surface area contributed by atoms with Gasteiger partial charge in [-0.2, -0.15) is 18.3 Å². The van der Waals surface area contributed by atoms with E-state index < -0.39 is 116 Å². The topological polar surface area (TPSA) is 315 Å². The Balaban J connectivity index is 0.000000337. The summed E-state index contributed by atoms with van der Waals surface area (Å²) < 4.78 is 50.2. The molecule has 7 rings (SSSR count). The van der Waals surface area contributed by atoms with Gasteiger partial charge in [0, 0.05) is 76.3 Å². The number of nitrogens with zero attached hydrogens (tertiary/aromatic N) is 6. The molecule has 5 heterocycles. The summed E-state index contributed by atoms with van der Waals surface area (Å²) in [4.78, 5) is 110. The summed E-state index contributed by atoms with van der Waals surface area (Å²) in [6, 6.07) is -4.39. The van der Waals surface area contributed by atoms with Crippen molar-refractivity contribution in [1.82, 2.24) is 51.3 Å². The molecule has 4 aliphatic heterocycles. The number of hydrogen-bond donors (Lipinski definition) is 4. The quantitative estimate of drug-likeness (QED) is 0.0689. The normalized spacial score (nSPS) is 29.4. The molecule has 6 amide bonds. The van der Waals surface area contributed by atoms with E-state index in [0.717, 1.165) is 44.8 Å². The van der Waals surface area contributed by atoms with Gasteiger partial charge in [-0.25, -0.2) is 19.2 Å². The second kappa shape index (κ2) is 32.3. The van der Waals surface area contributed by atoms with Crippen LogP contribution < -0.4 is 34.5 Å². The van der Waals surface area contributed by atoms with Crippen LogP contribution in [0.25, 0.3) is 0 Å². The molecular formula is C53H81I3N10O15SY-2. The molecule has 0 aromatic carbocycles. The van der Waals surface area contributed by atoms with Gasteiger partial charge in [0.25, 0.3) is 10.1 Å². The minimum Gasteiger partial charge on any atom is -0.464 e. The van der Waals surface area contributed by atoms with Gasteiger partial charge in [0.1, 0.15) is 46.4 Å². The molecule has 25 nitrogen and oxygen atoms in total. The molecule has 1 unspecified atom stereocenters.